The molecule has 1 saturated heterocycles. The molecule has 7 nitrogen and oxygen atoms in total. The van der Waals surface area contributed by atoms with Crippen LogP contribution < -0.4 is 4.74 Å². The first-order chi connectivity index (χ1) is 14.6. The first-order valence-corrected chi connectivity index (χ1v) is 10.9. The summed E-state index contributed by atoms with van der Waals surface area (Å²) in [5, 5.41) is 12.9. The van der Waals surface area contributed by atoms with Crippen molar-refractivity contribution in [1.29, 1.82) is 0 Å². The van der Waals surface area contributed by atoms with Gasteiger partial charge in [0.2, 0.25) is 0 Å². The van der Waals surface area contributed by atoms with E-state index in [0.29, 0.717) is 30.8 Å². The lowest BCUT2D eigenvalue weighted by Crippen LogP contribution is -2.34. The van der Waals surface area contributed by atoms with E-state index in [1.807, 2.05) is 0 Å². The number of hydrogen-bond acceptors (Lipinski definition) is 4. The molecule has 1 amide bonds. The van der Waals surface area contributed by atoms with Gasteiger partial charge >= 0.3 is 12.0 Å². The van der Waals surface area contributed by atoms with E-state index in [9.17, 15) is 9.59 Å². The van der Waals surface area contributed by atoms with Crippen molar-refractivity contribution >= 4 is 12.0 Å². The van der Waals surface area contributed by atoms with Crippen molar-refractivity contribution in [2.45, 2.75) is 50.5 Å². The van der Waals surface area contributed by atoms with Gasteiger partial charge in [0.15, 0.2) is 5.69 Å². The van der Waals surface area contributed by atoms with Gasteiger partial charge in [-0.25, -0.2) is 9.59 Å². The molecule has 7 heteroatoms. The Balaban J connectivity index is 1.17. The second-order valence-electron chi connectivity index (χ2n) is 8.92. The number of aromatic nitrogens is 2. The Labute approximate surface area is 175 Å². The molecule has 1 aliphatic heterocycles. The maximum atomic E-state index is 12.7. The molecule has 3 aliphatic rings. The lowest BCUT2D eigenvalue weighted by molar-refractivity contribution is 0.0690. The number of fused-ring (bicyclic) bond motifs is 1. The van der Waals surface area contributed by atoms with Crippen molar-refractivity contribution in [2.75, 3.05) is 13.1 Å². The molecule has 2 heterocycles. The summed E-state index contributed by atoms with van der Waals surface area (Å²) < 4.78 is 7.47. The van der Waals surface area contributed by atoms with Crippen molar-refractivity contribution in [3.05, 3.63) is 47.8 Å². The SMILES string of the molecule is O=C(O)c1ccn(C(=O)N2C[C@H]3CC(Oc4cccc(C5CCCC5)c4)C[C@H]3C2)n1. The summed E-state index contributed by atoms with van der Waals surface area (Å²) in [6, 6.07) is 9.70. The largest absolute Gasteiger partial charge is 0.490 e. The maximum Gasteiger partial charge on any atom is 0.356 e. The zero-order valence-corrected chi connectivity index (χ0v) is 16.9. The van der Waals surface area contributed by atoms with E-state index in [2.05, 4.69) is 29.4 Å². The maximum absolute atomic E-state index is 12.7. The van der Waals surface area contributed by atoms with Gasteiger partial charge in [-0.05, 0) is 67.2 Å². The van der Waals surface area contributed by atoms with Crippen LogP contribution in [0.15, 0.2) is 36.5 Å². The second kappa shape index (κ2) is 7.78. The minimum absolute atomic E-state index is 0.115. The molecule has 1 unspecified atom stereocenters. The Morgan fingerprint density at radius 1 is 1.07 bits per heavy atom. The predicted molar refractivity (Wildman–Crippen MR) is 110 cm³/mol. The highest BCUT2D eigenvalue weighted by molar-refractivity contribution is 5.86. The van der Waals surface area contributed by atoms with Gasteiger partial charge in [0.25, 0.3) is 0 Å². The molecular formula is C23H27N3O4. The number of nitrogens with zero attached hydrogens (tertiary/aromatic N) is 3. The highest BCUT2D eigenvalue weighted by atomic mass is 16.5. The van der Waals surface area contributed by atoms with Crippen LogP contribution in [-0.2, 0) is 0 Å². The van der Waals surface area contributed by atoms with Crippen LogP contribution in [0.2, 0.25) is 0 Å². The number of likely N-dealkylation sites (tertiary alicyclic amines) is 1. The smallest absolute Gasteiger partial charge is 0.356 e. The Bertz CT molecular complexity index is 935. The molecule has 2 aliphatic carbocycles. The fourth-order valence-electron chi connectivity index (χ4n) is 5.48. The van der Waals surface area contributed by atoms with Gasteiger partial charge in [-0.2, -0.15) is 9.78 Å². The average Bonchev–Trinajstić information content (AvgIpc) is 3.50. The standard InChI is InChI=1S/C23H27N3O4/c27-22(28)21-8-9-26(24-21)23(29)25-13-17-11-20(12-18(17)14-25)30-19-7-3-6-16(10-19)15-4-1-2-5-15/h3,6-10,15,17-18,20H,1-2,4-5,11-14H2,(H,27,28)/t17-,18+,20?. The summed E-state index contributed by atoms with van der Waals surface area (Å²) >= 11 is 0. The fraction of sp³-hybridized carbons (Fsp3) is 0.522. The van der Waals surface area contributed by atoms with E-state index in [4.69, 9.17) is 9.84 Å². The normalized spacial score (nSPS) is 26.1. The zero-order valence-electron chi connectivity index (χ0n) is 16.9. The van der Waals surface area contributed by atoms with Crippen LogP contribution in [0.5, 0.6) is 5.75 Å². The van der Waals surface area contributed by atoms with E-state index in [1.165, 1.54) is 43.5 Å². The van der Waals surface area contributed by atoms with Gasteiger partial charge in [0.05, 0.1) is 6.10 Å². The molecule has 1 aromatic heterocycles. The summed E-state index contributed by atoms with van der Waals surface area (Å²) in [7, 11) is 0. The Morgan fingerprint density at radius 2 is 1.80 bits per heavy atom. The van der Waals surface area contributed by atoms with Crippen LogP contribution >= 0.6 is 0 Å². The van der Waals surface area contributed by atoms with Gasteiger partial charge in [-0.1, -0.05) is 25.0 Å². The van der Waals surface area contributed by atoms with Crippen molar-refractivity contribution in [2.24, 2.45) is 11.8 Å². The Hall–Kier alpha value is -2.83. The van der Waals surface area contributed by atoms with E-state index < -0.39 is 5.97 Å². The summed E-state index contributed by atoms with van der Waals surface area (Å²) in [5.41, 5.74) is 1.29. The molecule has 2 aromatic rings. The molecule has 0 bridgehead atoms. The molecule has 30 heavy (non-hydrogen) atoms. The minimum atomic E-state index is -1.13. The Kier molecular flexibility index (Phi) is 4.97. The van der Waals surface area contributed by atoms with Crippen molar-refractivity contribution < 1.29 is 19.4 Å². The van der Waals surface area contributed by atoms with E-state index in [0.717, 1.165) is 23.3 Å². The number of carboxylic acid groups (broad SMARTS) is 1. The first-order valence-electron chi connectivity index (χ1n) is 10.9. The van der Waals surface area contributed by atoms with E-state index >= 15 is 0 Å². The predicted octanol–water partition coefficient (Wildman–Crippen LogP) is 4.00. The van der Waals surface area contributed by atoms with Crippen molar-refractivity contribution in [1.82, 2.24) is 14.7 Å². The molecular weight excluding hydrogens is 382 g/mol. The van der Waals surface area contributed by atoms with Gasteiger partial charge in [-0.15, -0.1) is 0 Å². The number of rotatable bonds is 4. The third kappa shape index (κ3) is 3.68. The van der Waals surface area contributed by atoms with E-state index in [1.54, 1.807) is 4.90 Å². The number of amides is 1. The monoisotopic (exact) mass is 409 g/mol. The van der Waals surface area contributed by atoms with Crippen LogP contribution in [0.3, 0.4) is 0 Å². The Morgan fingerprint density at radius 3 is 2.47 bits per heavy atom. The average molecular weight is 409 g/mol. The second-order valence-corrected chi connectivity index (χ2v) is 8.92. The molecule has 3 fully saturated rings. The van der Waals surface area contributed by atoms with Gasteiger partial charge < -0.3 is 14.7 Å². The summed E-state index contributed by atoms with van der Waals surface area (Å²) in [4.78, 5) is 25.4. The number of carbonyl (C=O) groups excluding carboxylic acids is 1. The molecule has 1 aromatic carbocycles. The molecule has 2 saturated carbocycles. The van der Waals surface area contributed by atoms with Crippen LogP contribution in [0.4, 0.5) is 4.79 Å². The van der Waals surface area contributed by atoms with Crippen molar-refractivity contribution in [3.8, 4) is 5.75 Å². The third-order valence-corrected chi connectivity index (χ3v) is 6.97. The topological polar surface area (TPSA) is 84.7 Å². The van der Waals surface area contributed by atoms with Crippen LogP contribution in [0, 0.1) is 11.8 Å². The lowest BCUT2D eigenvalue weighted by Gasteiger charge is -2.20. The molecule has 158 valence electrons. The van der Waals surface area contributed by atoms with E-state index in [-0.39, 0.29) is 17.8 Å². The fourth-order valence-corrected chi connectivity index (χ4v) is 5.48. The number of aromatic carboxylic acids is 1. The summed E-state index contributed by atoms with van der Waals surface area (Å²) in [5.74, 6) is 1.37. The highest BCUT2D eigenvalue weighted by Gasteiger charge is 2.43. The summed E-state index contributed by atoms with van der Waals surface area (Å²) in [6.07, 6.45) is 8.72. The van der Waals surface area contributed by atoms with Gasteiger partial charge in [0, 0.05) is 19.3 Å². The quantitative estimate of drug-likeness (QED) is 0.825. The zero-order chi connectivity index (χ0) is 20.7. The van der Waals surface area contributed by atoms with Crippen LogP contribution in [0.1, 0.15) is 60.5 Å². The molecule has 0 spiro atoms. The highest BCUT2D eigenvalue weighted by Crippen LogP contribution is 2.41. The number of benzene rings is 1. The first kappa shape index (κ1) is 19.2. The lowest BCUT2D eigenvalue weighted by atomic mass is 9.98. The molecule has 5 rings (SSSR count). The molecule has 0 radical (unpaired) electrons. The van der Waals surface area contributed by atoms with Crippen LogP contribution in [-0.4, -0.2) is 51.0 Å². The summed E-state index contributed by atoms with van der Waals surface area (Å²) in [6.45, 7) is 1.35. The molecule has 1 N–H and O–H groups in total. The number of hydrogen-bond donors (Lipinski definition) is 1. The number of ether oxygens (including phenoxy) is 1. The van der Waals surface area contributed by atoms with Gasteiger partial charge in [0.1, 0.15) is 5.75 Å². The van der Waals surface area contributed by atoms with Gasteiger partial charge in [-0.3, -0.25) is 0 Å². The third-order valence-electron chi connectivity index (χ3n) is 6.97. The van der Waals surface area contributed by atoms with Crippen molar-refractivity contribution in [3.63, 3.8) is 0 Å². The minimum Gasteiger partial charge on any atom is -0.490 e. The number of carboxylic acids is 1. The number of carbonyl (C=O) groups is 2. The molecule has 3 atom stereocenters. The van der Waals surface area contributed by atoms with Crippen LogP contribution in [0.25, 0.3) is 0 Å².